The number of hydrogen-bond donors (Lipinski definition) is 2. The summed E-state index contributed by atoms with van der Waals surface area (Å²) in [5, 5.41) is 3.77. The van der Waals surface area contributed by atoms with Gasteiger partial charge in [0.15, 0.2) is 5.15 Å². The zero-order chi connectivity index (χ0) is 9.68. The fraction of sp³-hybridized carbons (Fsp3) is 0.667. The first-order valence-electron chi connectivity index (χ1n) is 4.76. The Hall–Kier alpha value is -0.700. The lowest BCUT2D eigenvalue weighted by Gasteiger charge is -1.99. The van der Waals surface area contributed by atoms with E-state index >= 15 is 0 Å². The molecule has 1 aromatic heterocycles. The Kier molecular flexibility index (Phi) is 4.09. The summed E-state index contributed by atoms with van der Waals surface area (Å²) >= 11 is 5.88. The topological polar surface area (TPSA) is 40.7 Å². The SMILES string of the molecule is CCCCNc1nc(Cl)c(CC)[nH]1. The maximum Gasteiger partial charge on any atom is 0.201 e. The van der Waals surface area contributed by atoms with Crippen molar-refractivity contribution < 1.29 is 0 Å². The van der Waals surface area contributed by atoms with Gasteiger partial charge in [0.25, 0.3) is 0 Å². The van der Waals surface area contributed by atoms with Crippen LogP contribution in [0.3, 0.4) is 0 Å². The molecule has 0 atom stereocenters. The van der Waals surface area contributed by atoms with E-state index in [0.29, 0.717) is 5.15 Å². The van der Waals surface area contributed by atoms with E-state index in [-0.39, 0.29) is 0 Å². The molecule has 0 spiro atoms. The van der Waals surface area contributed by atoms with Gasteiger partial charge in [0.1, 0.15) is 0 Å². The molecule has 13 heavy (non-hydrogen) atoms. The second-order valence-corrected chi connectivity index (χ2v) is 3.35. The normalized spacial score (nSPS) is 10.4. The smallest absolute Gasteiger partial charge is 0.201 e. The highest BCUT2D eigenvalue weighted by Gasteiger charge is 2.04. The molecule has 3 nitrogen and oxygen atoms in total. The van der Waals surface area contributed by atoms with Crippen LogP contribution in [0.25, 0.3) is 0 Å². The second-order valence-electron chi connectivity index (χ2n) is 2.99. The van der Waals surface area contributed by atoms with Crippen LogP contribution in [0.1, 0.15) is 32.4 Å². The lowest BCUT2D eigenvalue weighted by molar-refractivity contribution is 0.828. The molecule has 0 saturated carbocycles. The van der Waals surface area contributed by atoms with E-state index in [9.17, 15) is 0 Å². The third-order valence-corrected chi connectivity index (χ3v) is 2.22. The number of halogens is 1. The number of unbranched alkanes of at least 4 members (excludes halogenated alkanes) is 1. The van der Waals surface area contributed by atoms with E-state index in [1.54, 1.807) is 0 Å². The highest BCUT2D eigenvalue weighted by molar-refractivity contribution is 6.30. The minimum absolute atomic E-state index is 0.585. The van der Waals surface area contributed by atoms with Gasteiger partial charge in [0.05, 0.1) is 5.69 Å². The van der Waals surface area contributed by atoms with Crippen LogP contribution in [0.4, 0.5) is 5.95 Å². The van der Waals surface area contributed by atoms with Gasteiger partial charge < -0.3 is 10.3 Å². The van der Waals surface area contributed by atoms with E-state index in [0.717, 1.165) is 31.0 Å². The molecule has 0 fully saturated rings. The van der Waals surface area contributed by atoms with E-state index in [4.69, 9.17) is 11.6 Å². The second kappa shape index (κ2) is 5.12. The van der Waals surface area contributed by atoms with Crippen LogP contribution in [0, 0.1) is 0 Å². The van der Waals surface area contributed by atoms with Gasteiger partial charge in [-0.05, 0) is 12.8 Å². The van der Waals surface area contributed by atoms with Gasteiger partial charge in [-0.25, -0.2) is 4.98 Å². The highest BCUT2D eigenvalue weighted by Crippen LogP contribution is 2.15. The molecule has 2 N–H and O–H groups in total. The summed E-state index contributed by atoms with van der Waals surface area (Å²) in [5.41, 5.74) is 1.00. The number of H-pyrrole nitrogens is 1. The molecule has 0 aromatic carbocycles. The van der Waals surface area contributed by atoms with Crippen molar-refractivity contribution in [1.29, 1.82) is 0 Å². The number of aromatic nitrogens is 2. The van der Waals surface area contributed by atoms with Crippen molar-refractivity contribution in [2.24, 2.45) is 0 Å². The van der Waals surface area contributed by atoms with Gasteiger partial charge in [-0.3, -0.25) is 0 Å². The Morgan fingerprint density at radius 2 is 2.23 bits per heavy atom. The molecule has 0 aliphatic heterocycles. The lowest BCUT2D eigenvalue weighted by atomic mass is 10.3. The number of anilines is 1. The predicted molar refractivity (Wildman–Crippen MR) is 56.4 cm³/mol. The molecule has 1 heterocycles. The summed E-state index contributed by atoms with van der Waals surface area (Å²) < 4.78 is 0. The fourth-order valence-electron chi connectivity index (χ4n) is 1.09. The molecule has 0 radical (unpaired) electrons. The number of aryl methyl sites for hydroxylation is 1. The van der Waals surface area contributed by atoms with E-state index in [2.05, 4.69) is 29.1 Å². The van der Waals surface area contributed by atoms with Crippen molar-refractivity contribution in [2.45, 2.75) is 33.1 Å². The first kappa shape index (κ1) is 10.4. The van der Waals surface area contributed by atoms with Gasteiger partial charge in [-0.15, -0.1) is 0 Å². The molecular formula is C9H16ClN3. The van der Waals surface area contributed by atoms with E-state index in [1.807, 2.05) is 0 Å². The van der Waals surface area contributed by atoms with E-state index in [1.165, 1.54) is 6.42 Å². The third kappa shape index (κ3) is 2.92. The molecule has 1 rings (SSSR count). The summed E-state index contributed by atoms with van der Waals surface area (Å²) in [7, 11) is 0. The Labute approximate surface area is 83.9 Å². The van der Waals surface area contributed by atoms with Gasteiger partial charge in [-0.2, -0.15) is 0 Å². The number of nitrogens with one attached hydrogen (secondary N) is 2. The van der Waals surface area contributed by atoms with Crippen LogP contribution in [0.2, 0.25) is 5.15 Å². The Bertz CT molecular complexity index is 257. The number of imidazole rings is 1. The molecule has 0 bridgehead atoms. The number of hydrogen-bond acceptors (Lipinski definition) is 2. The van der Waals surface area contributed by atoms with Crippen molar-refractivity contribution in [3.8, 4) is 0 Å². The lowest BCUT2D eigenvalue weighted by Crippen LogP contribution is -2.02. The number of aromatic amines is 1. The molecule has 0 aliphatic carbocycles. The maximum absolute atomic E-state index is 5.88. The quantitative estimate of drug-likeness (QED) is 0.720. The average molecular weight is 202 g/mol. The number of nitrogens with zero attached hydrogens (tertiary/aromatic N) is 1. The molecule has 1 aromatic rings. The first-order chi connectivity index (χ1) is 6.27. The summed E-state index contributed by atoms with van der Waals surface area (Å²) in [4.78, 5) is 7.29. The zero-order valence-corrected chi connectivity index (χ0v) is 8.91. The molecule has 0 aliphatic rings. The van der Waals surface area contributed by atoms with Crippen molar-refractivity contribution >= 4 is 17.5 Å². The fourth-order valence-corrected chi connectivity index (χ4v) is 1.36. The molecule has 74 valence electrons. The van der Waals surface area contributed by atoms with Gasteiger partial charge in [0, 0.05) is 6.54 Å². The standard InChI is InChI=1S/C9H16ClN3/c1-3-5-6-11-9-12-7(4-2)8(10)13-9/h3-6H2,1-2H3,(H2,11,12,13). The molecule has 0 unspecified atom stereocenters. The first-order valence-corrected chi connectivity index (χ1v) is 5.14. The molecule has 4 heteroatoms. The summed E-state index contributed by atoms with van der Waals surface area (Å²) in [6.45, 7) is 5.16. The van der Waals surface area contributed by atoms with Crippen molar-refractivity contribution in [3.05, 3.63) is 10.8 Å². The Morgan fingerprint density at radius 3 is 2.77 bits per heavy atom. The summed E-state index contributed by atoms with van der Waals surface area (Å²) in [6.07, 6.45) is 3.23. The van der Waals surface area contributed by atoms with Crippen LogP contribution in [-0.4, -0.2) is 16.5 Å². The zero-order valence-electron chi connectivity index (χ0n) is 8.15. The van der Waals surface area contributed by atoms with Crippen LogP contribution >= 0.6 is 11.6 Å². The van der Waals surface area contributed by atoms with Crippen LogP contribution in [0.5, 0.6) is 0 Å². The van der Waals surface area contributed by atoms with Crippen LogP contribution in [0.15, 0.2) is 0 Å². The highest BCUT2D eigenvalue weighted by atomic mass is 35.5. The van der Waals surface area contributed by atoms with E-state index < -0.39 is 0 Å². The van der Waals surface area contributed by atoms with Crippen LogP contribution in [-0.2, 0) is 6.42 Å². The Morgan fingerprint density at radius 1 is 1.46 bits per heavy atom. The summed E-state index contributed by atoms with van der Waals surface area (Å²) in [6, 6.07) is 0. The Balaban J connectivity index is 2.48. The molecular weight excluding hydrogens is 186 g/mol. The van der Waals surface area contributed by atoms with Crippen molar-refractivity contribution in [3.63, 3.8) is 0 Å². The van der Waals surface area contributed by atoms with Gasteiger partial charge >= 0.3 is 0 Å². The average Bonchev–Trinajstić information content (AvgIpc) is 2.47. The van der Waals surface area contributed by atoms with Gasteiger partial charge in [0.2, 0.25) is 5.95 Å². The third-order valence-electron chi connectivity index (χ3n) is 1.90. The predicted octanol–water partition coefficient (Wildman–Crippen LogP) is 2.84. The molecule has 0 amide bonds. The summed E-state index contributed by atoms with van der Waals surface area (Å²) in [5.74, 6) is 0.787. The minimum atomic E-state index is 0.585. The van der Waals surface area contributed by atoms with Crippen molar-refractivity contribution in [1.82, 2.24) is 9.97 Å². The number of rotatable bonds is 5. The van der Waals surface area contributed by atoms with Gasteiger partial charge in [-0.1, -0.05) is 31.9 Å². The van der Waals surface area contributed by atoms with Crippen LogP contribution < -0.4 is 5.32 Å². The molecule has 0 saturated heterocycles. The largest absolute Gasteiger partial charge is 0.356 e. The van der Waals surface area contributed by atoms with Crippen molar-refractivity contribution in [2.75, 3.05) is 11.9 Å². The monoisotopic (exact) mass is 201 g/mol. The maximum atomic E-state index is 5.88. The minimum Gasteiger partial charge on any atom is -0.356 e.